The highest BCUT2D eigenvalue weighted by Crippen LogP contribution is 2.20. The summed E-state index contributed by atoms with van der Waals surface area (Å²) in [6.07, 6.45) is 5.10. The number of alkyl carbamates (subject to hydrolysis) is 1. The van der Waals surface area contributed by atoms with Crippen molar-refractivity contribution in [2.45, 2.75) is 38.1 Å². The standard InChI is InChI=1S/C18H23FN2O3/c19-15-8-2-1-7-14(15)17(22)20-18(23)24-12-13-6-5-11-21-10-4-3-9-16(13)21/h1-2,7-8,13,16H,3-6,9-12H2,(H,20,22,23)/p+1/t13-,16-/m0/s1. The van der Waals surface area contributed by atoms with E-state index < -0.39 is 17.8 Å². The average Bonchev–Trinajstić information content (AvgIpc) is 2.60. The molecule has 6 heteroatoms. The number of benzene rings is 1. The van der Waals surface area contributed by atoms with Crippen LogP contribution in [-0.4, -0.2) is 37.7 Å². The number of rotatable bonds is 3. The molecule has 2 aliphatic rings. The molecule has 2 aliphatic heterocycles. The highest BCUT2D eigenvalue weighted by molar-refractivity contribution is 6.02. The van der Waals surface area contributed by atoms with Crippen molar-refractivity contribution in [3.8, 4) is 0 Å². The van der Waals surface area contributed by atoms with Crippen LogP contribution in [0, 0.1) is 11.7 Å². The molecule has 0 bridgehead atoms. The van der Waals surface area contributed by atoms with Gasteiger partial charge in [0.05, 0.1) is 24.7 Å². The summed E-state index contributed by atoms with van der Waals surface area (Å²) < 4.78 is 18.8. The number of ether oxygens (including phenoxy) is 1. The quantitative estimate of drug-likeness (QED) is 0.881. The molecule has 0 saturated carbocycles. The van der Waals surface area contributed by atoms with E-state index in [9.17, 15) is 14.0 Å². The van der Waals surface area contributed by atoms with Crippen LogP contribution in [0.2, 0.25) is 0 Å². The van der Waals surface area contributed by atoms with E-state index >= 15 is 0 Å². The number of carbonyl (C=O) groups excluding carboxylic acids is 2. The largest absolute Gasteiger partial charge is 0.449 e. The van der Waals surface area contributed by atoms with Crippen LogP contribution in [0.3, 0.4) is 0 Å². The van der Waals surface area contributed by atoms with E-state index in [1.54, 1.807) is 11.0 Å². The SMILES string of the molecule is O=C(NC(=O)c1ccccc1F)OC[C@@H]1CCC[NH+]2CCCC[C@@H]12. The van der Waals surface area contributed by atoms with Gasteiger partial charge in [0, 0.05) is 5.92 Å². The molecule has 1 unspecified atom stereocenters. The van der Waals surface area contributed by atoms with E-state index in [-0.39, 0.29) is 5.56 Å². The molecule has 24 heavy (non-hydrogen) atoms. The highest BCUT2D eigenvalue weighted by atomic mass is 19.1. The Morgan fingerprint density at radius 1 is 1.17 bits per heavy atom. The van der Waals surface area contributed by atoms with Gasteiger partial charge < -0.3 is 9.64 Å². The average molecular weight is 335 g/mol. The van der Waals surface area contributed by atoms with Gasteiger partial charge in [0.15, 0.2) is 0 Å². The normalized spacial score (nSPS) is 26.3. The topological polar surface area (TPSA) is 59.8 Å². The van der Waals surface area contributed by atoms with Crippen LogP contribution in [0.15, 0.2) is 24.3 Å². The molecular formula is C18H24FN2O3+. The van der Waals surface area contributed by atoms with E-state index in [2.05, 4.69) is 5.32 Å². The molecule has 2 saturated heterocycles. The second kappa shape index (κ2) is 7.75. The van der Waals surface area contributed by atoms with Crippen molar-refractivity contribution in [1.29, 1.82) is 0 Å². The summed E-state index contributed by atoms with van der Waals surface area (Å²) in [7, 11) is 0. The summed E-state index contributed by atoms with van der Waals surface area (Å²) in [5.74, 6) is -1.08. The molecular weight excluding hydrogens is 311 g/mol. The summed E-state index contributed by atoms with van der Waals surface area (Å²) in [5.41, 5.74) is -0.157. The Morgan fingerprint density at radius 2 is 1.96 bits per heavy atom. The highest BCUT2D eigenvalue weighted by Gasteiger charge is 2.37. The van der Waals surface area contributed by atoms with Crippen LogP contribution in [0.1, 0.15) is 42.5 Å². The van der Waals surface area contributed by atoms with Gasteiger partial charge >= 0.3 is 6.09 Å². The third-order valence-electron chi connectivity index (χ3n) is 5.19. The molecule has 1 aromatic rings. The molecule has 3 rings (SSSR count). The third-order valence-corrected chi connectivity index (χ3v) is 5.19. The Hall–Kier alpha value is -1.95. The molecule has 5 nitrogen and oxygen atoms in total. The zero-order chi connectivity index (χ0) is 16.9. The van der Waals surface area contributed by atoms with Crippen molar-refractivity contribution in [2.75, 3.05) is 19.7 Å². The van der Waals surface area contributed by atoms with Crippen molar-refractivity contribution in [2.24, 2.45) is 5.92 Å². The molecule has 0 aromatic heterocycles. The number of nitrogens with one attached hydrogen (secondary N) is 2. The molecule has 3 atom stereocenters. The maximum Gasteiger partial charge on any atom is 0.414 e. The summed E-state index contributed by atoms with van der Waals surface area (Å²) >= 11 is 0. The fourth-order valence-corrected chi connectivity index (χ4v) is 4.00. The second-order valence-corrected chi connectivity index (χ2v) is 6.70. The van der Waals surface area contributed by atoms with Gasteiger partial charge in [0.2, 0.25) is 0 Å². The van der Waals surface area contributed by atoms with Crippen LogP contribution in [0.4, 0.5) is 9.18 Å². The van der Waals surface area contributed by atoms with Crippen molar-refractivity contribution in [1.82, 2.24) is 5.32 Å². The van der Waals surface area contributed by atoms with Crippen LogP contribution < -0.4 is 10.2 Å². The lowest BCUT2D eigenvalue weighted by Gasteiger charge is -2.40. The maximum absolute atomic E-state index is 13.5. The Bertz CT molecular complexity index is 606. The molecule has 0 aliphatic carbocycles. The lowest BCUT2D eigenvalue weighted by molar-refractivity contribution is -0.940. The number of imide groups is 1. The molecule has 2 amide bonds. The van der Waals surface area contributed by atoms with Gasteiger partial charge in [-0.1, -0.05) is 12.1 Å². The van der Waals surface area contributed by atoms with E-state index in [4.69, 9.17) is 4.74 Å². The van der Waals surface area contributed by atoms with Crippen LogP contribution in [-0.2, 0) is 4.74 Å². The predicted octanol–water partition coefficient (Wildman–Crippen LogP) is 1.54. The van der Waals surface area contributed by atoms with Crippen LogP contribution in [0.5, 0.6) is 0 Å². The summed E-state index contributed by atoms with van der Waals surface area (Å²) in [5, 5.41) is 2.10. The number of amides is 2. The van der Waals surface area contributed by atoms with Crippen molar-refractivity contribution in [3.63, 3.8) is 0 Å². The lowest BCUT2D eigenvalue weighted by Crippen LogP contribution is -3.18. The molecule has 2 heterocycles. The summed E-state index contributed by atoms with van der Waals surface area (Å²) in [4.78, 5) is 25.4. The minimum absolute atomic E-state index is 0.157. The zero-order valence-electron chi connectivity index (χ0n) is 13.7. The number of hydrogen-bond donors (Lipinski definition) is 2. The van der Waals surface area contributed by atoms with Gasteiger partial charge in [-0.05, 0) is 44.2 Å². The van der Waals surface area contributed by atoms with Crippen molar-refractivity contribution in [3.05, 3.63) is 35.6 Å². The molecule has 130 valence electrons. The first-order chi connectivity index (χ1) is 11.6. The molecule has 1 aromatic carbocycles. The Morgan fingerprint density at radius 3 is 2.79 bits per heavy atom. The predicted molar refractivity (Wildman–Crippen MR) is 86.3 cm³/mol. The maximum atomic E-state index is 13.5. The van der Waals surface area contributed by atoms with Gasteiger partial charge in [-0.3, -0.25) is 10.1 Å². The van der Waals surface area contributed by atoms with Crippen LogP contribution in [0.25, 0.3) is 0 Å². The van der Waals surface area contributed by atoms with E-state index in [0.717, 1.165) is 12.8 Å². The number of carbonyl (C=O) groups is 2. The molecule has 2 N–H and O–H groups in total. The van der Waals surface area contributed by atoms with E-state index in [0.29, 0.717) is 18.6 Å². The summed E-state index contributed by atoms with van der Waals surface area (Å²) in [6, 6.07) is 6.12. The number of fused-ring (bicyclic) bond motifs is 1. The van der Waals surface area contributed by atoms with Gasteiger partial charge in [-0.15, -0.1) is 0 Å². The second-order valence-electron chi connectivity index (χ2n) is 6.70. The van der Waals surface area contributed by atoms with Crippen molar-refractivity contribution >= 4 is 12.0 Å². The van der Waals surface area contributed by atoms with Gasteiger partial charge in [-0.2, -0.15) is 0 Å². The third kappa shape index (κ3) is 3.93. The smallest absolute Gasteiger partial charge is 0.414 e. The summed E-state index contributed by atoms with van der Waals surface area (Å²) in [6.45, 7) is 2.74. The Kier molecular flexibility index (Phi) is 5.45. The minimum atomic E-state index is -0.800. The van der Waals surface area contributed by atoms with E-state index in [1.807, 2.05) is 0 Å². The number of hydrogen-bond acceptors (Lipinski definition) is 3. The molecule has 0 spiro atoms. The number of halogens is 1. The van der Waals surface area contributed by atoms with Gasteiger partial charge in [0.1, 0.15) is 12.4 Å². The molecule has 2 fully saturated rings. The van der Waals surface area contributed by atoms with Gasteiger partial charge in [-0.25, -0.2) is 9.18 Å². The number of quaternary nitrogens is 1. The van der Waals surface area contributed by atoms with Crippen molar-refractivity contribution < 1.29 is 23.6 Å². The lowest BCUT2D eigenvalue weighted by atomic mass is 9.84. The minimum Gasteiger partial charge on any atom is -0.449 e. The van der Waals surface area contributed by atoms with E-state index in [1.165, 1.54) is 50.6 Å². The molecule has 0 radical (unpaired) electrons. The zero-order valence-corrected chi connectivity index (χ0v) is 13.7. The number of piperidine rings is 2. The first-order valence-electron chi connectivity index (χ1n) is 8.72. The Labute approximate surface area is 141 Å². The van der Waals surface area contributed by atoms with Crippen LogP contribution >= 0.6 is 0 Å². The fourth-order valence-electron chi connectivity index (χ4n) is 4.00. The fraction of sp³-hybridized carbons (Fsp3) is 0.556. The monoisotopic (exact) mass is 335 g/mol. The first kappa shape index (κ1) is 16.9. The first-order valence-corrected chi connectivity index (χ1v) is 8.72. The van der Waals surface area contributed by atoms with Gasteiger partial charge in [0.25, 0.3) is 5.91 Å². The Balaban J connectivity index is 1.50.